The number of ether oxygens (including phenoxy) is 2. The Morgan fingerprint density at radius 3 is 2.75 bits per heavy atom. The van der Waals surface area contributed by atoms with Gasteiger partial charge in [0.25, 0.3) is 14.4 Å². The molecular formula is C21H30N3O7P. The SMILES string of the molecule is CO[P@@](NC(C)C(=O)OCc1ccccc1)OCC1CCC(N(C)/C=C\C(=O)NC=O)O1. The first-order valence-corrected chi connectivity index (χ1v) is 11.3. The highest BCUT2D eigenvalue weighted by Gasteiger charge is 2.29. The van der Waals surface area contributed by atoms with Crippen molar-refractivity contribution in [3.8, 4) is 0 Å². The first-order chi connectivity index (χ1) is 15.4. The molecule has 2 amide bonds. The Morgan fingerprint density at radius 2 is 2.06 bits per heavy atom. The zero-order chi connectivity index (χ0) is 23.3. The van der Waals surface area contributed by atoms with Gasteiger partial charge in [0.05, 0.1) is 12.7 Å². The van der Waals surface area contributed by atoms with Gasteiger partial charge in [-0.25, -0.2) is 5.09 Å². The van der Waals surface area contributed by atoms with Crippen LogP contribution in [0.15, 0.2) is 42.6 Å². The van der Waals surface area contributed by atoms with E-state index in [1.165, 1.54) is 13.2 Å². The van der Waals surface area contributed by atoms with E-state index in [4.69, 9.17) is 18.5 Å². The maximum absolute atomic E-state index is 12.2. The average Bonchev–Trinajstić information content (AvgIpc) is 3.28. The largest absolute Gasteiger partial charge is 0.460 e. The molecular weight excluding hydrogens is 437 g/mol. The predicted molar refractivity (Wildman–Crippen MR) is 118 cm³/mol. The fourth-order valence-electron chi connectivity index (χ4n) is 2.85. The summed E-state index contributed by atoms with van der Waals surface area (Å²) >= 11 is 0. The molecule has 11 heteroatoms. The van der Waals surface area contributed by atoms with Crippen LogP contribution >= 0.6 is 8.53 Å². The van der Waals surface area contributed by atoms with Crippen molar-refractivity contribution in [2.75, 3.05) is 20.8 Å². The summed E-state index contributed by atoms with van der Waals surface area (Å²) in [5.41, 5.74) is 0.912. The zero-order valence-corrected chi connectivity index (χ0v) is 19.3. The van der Waals surface area contributed by atoms with E-state index in [0.29, 0.717) is 6.41 Å². The highest BCUT2D eigenvalue weighted by Crippen LogP contribution is 2.35. The minimum absolute atomic E-state index is 0.151. The molecule has 0 bridgehead atoms. The Bertz CT molecular complexity index is 765. The highest BCUT2D eigenvalue weighted by atomic mass is 31.2. The molecule has 1 heterocycles. The lowest BCUT2D eigenvalue weighted by atomic mass is 10.2. The molecule has 0 spiro atoms. The van der Waals surface area contributed by atoms with E-state index < -0.39 is 26.4 Å². The van der Waals surface area contributed by atoms with E-state index in [9.17, 15) is 14.4 Å². The Balaban J connectivity index is 1.70. The molecule has 0 aromatic heterocycles. The molecule has 176 valence electrons. The highest BCUT2D eigenvalue weighted by molar-refractivity contribution is 7.45. The van der Waals surface area contributed by atoms with Gasteiger partial charge in [-0.1, -0.05) is 30.3 Å². The monoisotopic (exact) mass is 467 g/mol. The standard InChI is InChI=1S/C21H30N3O7P/c1-16(21(27)29-13-17-7-5-4-6-8-17)23-32(28-3)30-14-18-9-10-20(31-18)24(2)12-11-19(26)22-15-25/h4-8,11-12,15-16,18,20,23H,9-10,13-14H2,1-3H3,(H,22,25,26)/b12-11-/t16?,18?,20?,32-/m1/s1. The predicted octanol–water partition coefficient (Wildman–Crippen LogP) is 1.82. The molecule has 1 saturated heterocycles. The van der Waals surface area contributed by atoms with Gasteiger partial charge in [0.2, 0.25) is 6.41 Å². The second kappa shape index (κ2) is 13.9. The van der Waals surface area contributed by atoms with Crippen molar-refractivity contribution in [1.29, 1.82) is 0 Å². The summed E-state index contributed by atoms with van der Waals surface area (Å²) in [6, 6.07) is 8.85. The summed E-state index contributed by atoms with van der Waals surface area (Å²) < 4.78 is 22.4. The summed E-state index contributed by atoms with van der Waals surface area (Å²) in [7, 11) is 1.78. The van der Waals surface area contributed by atoms with Crippen LogP contribution in [0.4, 0.5) is 0 Å². The Morgan fingerprint density at radius 1 is 1.31 bits per heavy atom. The Kier molecular flexibility index (Phi) is 11.3. The zero-order valence-electron chi connectivity index (χ0n) is 18.4. The lowest BCUT2D eigenvalue weighted by Gasteiger charge is -2.24. The van der Waals surface area contributed by atoms with Crippen LogP contribution in [0.3, 0.4) is 0 Å². The van der Waals surface area contributed by atoms with Crippen LogP contribution < -0.4 is 10.4 Å². The summed E-state index contributed by atoms with van der Waals surface area (Å²) in [4.78, 5) is 35.6. The minimum Gasteiger partial charge on any atom is -0.460 e. The van der Waals surface area contributed by atoms with E-state index in [-0.39, 0.29) is 25.5 Å². The van der Waals surface area contributed by atoms with Crippen molar-refractivity contribution in [1.82, 2.24) is 15.3 Å². The van der Waals surface area contributed by atoms with E-state index >= 15 is 0 Å². The van der Waals surface area contributed by atoms with Crippen molar-refractivity contribution in [2.24, 2.45) is 0 Å². The van der Waals surface area contributed by atoms with Gasteiger partial charge in [0.15, 0.2) is 0 Å². The fraction of sp³-hybridized carbons (Fsp3) is 0.476. The molecule has 4 atom stereocenters. The van der Waals surface area contributed by atoms with Crippen LogP contribution in [0.5, 0.6) is 0 Å². The number of rotatable bonds is 13. The van der Waals surface area contributed by atoms with Crippen LogP contribution in [0.25, 0.3) is 0 Å². The number of carbonyl (C=O) groups excluding carboxylic acids is 3. The van der Waals surface area contributed by atoms with Gasteiger partial charge >= 0.3 is 5.97 Å². The van der Waals surface area contributed by atoms with E-state index in [1.807, 2.05) is 35.6 Å². The lowest BCUT2D eigenvalue weighted by Crippen LogP contribution is -2.33. The van der Waals surface area contributed by atoms with Crippen molar-refractivity contribution in [3.63, 3.8) is 0 Å². The number of imide groups is 1. The van der Waals surface area contributed by atoms with Gasteiger partial charge in [0, 0.05) is 26.4 Å². The molecule has 1 aliphatic heterocycles. The molecule has 10 nitrogen and oxygen atoms in total. The van der Waals surface area contributed by atoms with E-state index in [2.05, 4.69) is 5.09 Å². The molecule has 0 radical (unpaired) electrons. The third kappa shape index (κ3) is 9.02. The summed E-state index contributed by atoms with van der Waals surface area (Å²) in [6.07, 6.45) is 4.31. The molecule has 1 aliphatic rings. The molecule has 2 N–H and O–H groups in total. The second-order valence-corrected chi connectivity index (χ2v) is 8.47. The summed E-state index contributed by atoms with van der Waals surface area (Å²) in [5.74, 6) is -0.899. The topological polar surface area (TPSA) is 115 Å². The first kappa shape index (κ1) is 25.9. The van der Waals surface area contributed by atoms with Crippen molar-refractivity contribution in [2.45, 2.75) is 44.7 Å². The van der Waals surface area contributed by atoms with Gasteiger partial charge in [0.1, 0.15) is 18.9 Å². The van der Waals surface area contributed by atoms with Gasteiger partial charge in [-0.15, -0.1) is 0 Å². The summed E-state index contributed by atoms with van der Waals surface area (Å²) in [5, 5.41) is 5.03. The van der Waals surface area contributed by atoms with Gasteiger partial charge < -0.3 is 23.4 Å². The lowest BCUT2D eigenvalue weighted by molar-refractivity contribution is -0.146. The van der Waals surface area contributed by atoms with Crippen LogP contribution in [0, 0.1) is 0 Å². The molecule has 0 saturated carbocycles. The van der Waals surface area contributed by atoms with E-state index in [1.54, 1.807) is 25.1 Å². The van der Waals surface area contributed by atoms with Gasteiger partial charge in [-0.3, -0.25) is 19.7 Å². The van der Waals surface area contributed by atoms with Gasteiger partial charge in [-0.05, 0) is 25.3 Å². The first-order valence-electron chi connectivity index (χ1n) is 10.2. The van der Waals surface area contributed by atoms with Crippen LogP contribution in [-0.2, 0) is 39.5 Å². The number of hydrogen-bond donors (Lipinski definition) is 2. The number of amides is 2. The number of esters is 1. The number of benzene rings is 1. The molecule has 3 unspecified atom stereocenters. The number of carbonyl (C=O) groups is 3. The summed E-state index contributed by atoms with van der Waals surface area (Å²) in [6.45, 7) is 2.18. The Labute approximate surface area is 189 Å². The number of nitrogens with one attached hydrogen (secondary N) is 2. The van der Waals surface area contributed by atoms with E-state index in [0.717, 1.165) is 18.4 Å². The van der Waals surface area contributed by atoms with Crippen molar-refractivity contribution in [3.05, 3.63) is 48.2 Å². The maximum Gasteiger partial charge on any atom is 0.323 e. The molecule has 1 aromatic rings. The Hall–Kier alpha value is -2.36. The van der Waals surface area contributed by atoms with Crippen molar-refractivity contribution >= 4 is 26.8 Å². The van der Waals surface area contributed by atoms with Crippen LogP contribution in [0.2, 0.25) is 0 Å². The number of nitrogens with zero attached hydrogens (tertiary/aromatic N) is 1. The third-order valence-electron chi connectivity index (χ3n) is 4.62. The average molecular weight is 467 g/mol. The molecule has 32 heavy (non-hydrogen) atoms. The van der Waals surface area contributed by atoms with Crippen molar-refractivity contribution < 1.29 is 32.9 Å². The third-order valence-corrected chi connectivity index (χ3v) is 5.93. The molecule has 1 aromatic carbocycles. The van der Waals surface area contributed by atoms with Gasteiger partial charge in [-0.2, -0.15) is 0 Å². The maximum atomic E-state index is 12.2. The molecule has 2 rings (SSSR count). The second-order valence-electron chi connectivity index (χ2n) is 7.08. The number of hydrogen-bond acceptors (Lipinski definition) is 9. The minimum atomic E-state index is -1.51. The van der Waals surface area contributed by atoms with Crippen LogP contribution in [0.1, 0.15) is 25.3 Å². The van der Waals surface area contributed by atoms with Crippen LogP contribution in [-0.4, -0.2) is 62.3 Å². The molecule has 1 fully saturated rings. The smallest absolute Gasteiger partial charge is 0.323 e. The fourth-order valence-corrected chi connectivity index (χ4v) is 3.86. The molecule has 0 aliphatic carbocycles. The quantitative estimate of drug-likeness (QED) is 0.194. The normalized spacial score (nSPS) is 20.0.